The van der Waals surface area contributed by atoms with E-state index in [1.807, 2.05) is 71.4 Å². The molecule has 3 amide bonds. The molecule has 5 aromatic rings. The Morgan fingerprint density at radius 3 is 2.34 bits per heavy atom. The number of ether oxygens (including phenoxy) is 1. The molecule has 3 aliphatic rings. The highest BCUT2D eigenvalue weighted by Gasteiger charge is 2.28. The Balaban J connectivity index is 0.860. The molecule has 0 bridgehead atoms. The van der Waals surface area contributed by atoms with E-state index < -0.39 is 5.91 Å². The molecule has 11 heteroatoms. The molecule has 2 saturated heterocycles. The van der Waals surface area contributed by atoms with Gasteiger partial charge in [0.05, 0.1) is 0 Å². The molecule has 3 aliphatic heterocycles. The van der Waals surface area contributed by atoms with Gasteiger partial charge in [-0.05, 0) is 122 Å². The summed E-state index contributed by atoms with van der Waals surface area (Å²) in [6.45, 7) is 2.65. The van der Waals surface area contributed by atoms with Gasteiger partial charge in [-0.3, -0.25) is 19.7 Å². The highest BCUT2D eigenvalue weighted by atomic mass is 16.5. The van der Waals surface area contributed by atoms with E-state index in [4.69, 9.17) is 15.6 Å². The van der Waals surface area contributed by atoms with Gasteiger partial charge < -0.3 is 26.0 Å². The summed E-state index contributed by atoms with van der Waals surface area (Å²) < 4.78 is 7.80. The lowest BCUT2D eigenvalue weighted by Gasteiger charge is -2.34. The summed E-state index contributed by atoms with van der Waals surface area (Å²) in [4.78, 5) is 38.8. The van der Waals surface area contributed by atoms with Gasteiger partial charge in [0.1, 0.15) is 34.6 Å². The number of nitrogens with zero attached hydrogens (tertiary/aromatic N) is 3. The van der Waals surface area contributed by atoms with Crippen LogP contribution >= 0.6 is 0 Å². The van der Waals surface area contributed by atoms with Gasteiger partial charge in [0.15, 0.2) is 0 Å². The maximum Gasteiger partial charge on any atom is 0.254 e. The maximum atomic E-state index is 12.8. The van der Waals surface area contributed by atoms with E-state index in [0.29, 0.717) is 48.1 Å². The van der Waals surface area contributed by atoms with Crippen molar-refractivity contribution in [1.82, 2.24) is 15.1 Å². The minimum Gasteiger partial charge on any atom is -0.457 e. The first-order valence-electron chi connectivity index (χ1n) is 18.4. The predicted octanol–water partition coefficient (Wildman–Crippen LogP) is 6.81. The quantitative estimate of drug-likeness (QED) is 0.116. The molecule has 1 unspecified atom stereocenters. The van der Waals surface area contributed by atoms with Crippen molar-refractivity contribution in [2.45, 2.75) is 57.5 Å². The number of benzene rings is 4. The zero-order valence-corrected chi connectivity index (χ0v) is 29.5. The summed E-state index contributed by atoms with van der Waals surface area (Å²) >= 11 is 0. The second-order valence-corrected chi connectivity index (χ2v) is 14.1. The molecule has 8 rings (SSSR count). The molecule has 11 nitrogen and oxygen atoms in total. The number of nitrogens with two attached hydrogens (primary N) is 1. The molecule has 1 atom stereocenters. The standard InChI is InChI=1S/C42H43N7O4/c43-40(51)38-39(29-9-15-34(16-10-29)53-33-4-2-1-3-5-33)47-49-25-22-30-26-28(8-17-35(30)45-41(38)49)7-6-27-20-23-48(24-21-27)32-13-11-31(12-14-32)44-36-18-19-37(50)46-42(36)52/h1-5,8-17,26-27,36,44-45H,6-7,18-25H2,(H2,43,51)(H,46,50,52). The number of carbonyl (C=O) groups is 3. The van der Waals surface area contributed by atoms with Crippen LogP contribution in [0.1, 0.15) is 53.6 Å². The predicted molar refractivity (Wildman–Crippen MR) is 206 cm³/mol. The number of carbonyl (C=O) groups excluding carboxylic acids is 3. The number of nitrogens with one attached hydrogen (secondary N) is 3. The number of aryl methyl sites for hydroxylation is 3. The Morgan fingerprint density at radius 1 is 0.849 bits per heavy atom. The number of primary amides is 1. The zero-order valence-electron chi connectivity index (χ0n) is 29.5. The smallest absolute Gasteiger partial charge is 0.254 e. The molecule has 270 valence electrons. The van der Waals surface area contributed by atoms with Crippen LogP contribution in [-0.4, -0.2) is 46.6 Å². The summed E-state index contributed by atoms with van der Waals surface area (Å²) in [6.07, 6.45) is 6.10. The molecular weight excluding hydrogens is 667 g/mol. The number of hydrogen-bond acceptors (Lipinski definition) is 8. The van der Waals surface area contributed by atoms with Crippen molar-refractivity contribution in [3.63, 3.8) is 0 Å². The van der Waals surface area contributed by atoms with Gasteiger partial charge in [0, 0.05) is 48.7 Å². The lowest BCUT2D eigenvalue weighted by molar-refractivity contribution is -0.133. The van der Waals surface area contributed by atoms with Crippen molar-refractivity contribution < 1.29 is 19.1 Å². The van der Waals surface area contributed by atoms with Crippen molar-refractivity contribution in [3.8, 4) is 22.8 Å². The highest BCUT2D eigenvalue weighted by Crippen LogP contribution is 2.36. The lowest BCUT2D eigenvalue weighted by Crippen LogP contribution is -2.47. The number of rotatable bonds is 10. The number of amides is 3. The van der Waals surface area contributed by atoms with E-state index in [-0.39, 0.29) is 17.9 Å². The van der Waals surface area contributed by atoms with Crippen molar-refractivity contribution >= 4 is 40.6 Å². The fourth-order valence-corrected chi connectivity index (χ4v) is 7.63. The molecule has 0 saturated carbocycles. The van der Waals surface area contributed by atoms with Crippen molar-refractivity contribution in [1.29, 1.82) is 0 Å². The Labute approximate surface area is 308 Å². The van der Waals surface area contributed by atoms with Crippen LogP contribution < -0.4 is 31.3 Å². The second-order valence-electron chi connectivity index (χ2n) is 14.1. The van der Waals surface area contributed by atoms with Crippen LogP contribution in [-0.2, 0) is 29.0 Å². The first-order valence-corrected chi connectivity index (χ1v) is 18.4. The molecule has 1 aromatic heterocycles. The number of piperidine rings is 2. The molecular formula is C42H43N7O4. The SMILES string of the molecule is NC(=O)c1c(-c2ccc(Oc3ccccc3)cc2)nn2c1Nc1ccc(CCC3CCN(c4ccc(NC5CCC(=O)NC5=O)cc4)CC3)cc1CC2. The first-order chi connectivity index (χ1) is 25.9. The van der Waals surface area contributed by atoms with E-state index in [0.717, 1.165) is 67.9 Å². The molecule has 53 heavy (non-hydrogen) atoms. The Hall–Kier alpha value is -6.10. The van der Waals surface area contributed by atoms with Crippen molar-refractivity contribution in [3.05, 3.63) is 114 Å². The van der Waals surface area contributed by atoms with E-state index >= 15 is 0 Å². The Morgan fingerprint density at radius 2 is 1.60 bits per heavy atom. The first kappa shape index (κ1) is 34.0. The number of hydrogen-bond donors (Lipinski definition) is 4. The molecule has 5 N–H and O–H groups in total. The molecule has 0 aliphatic carbocycles. The molecule has 0 radical (unpaired) electrons. The normalized spacial score (nSPS) is 17.2. The largest absolute Gasteiger partial charge is 0.457 e. The molecule has 4 aromatic carbocycles. The maximum absolute atomic E-state index is 12.8. The third-order valence-electron chi connectivity index (χ3n) is 10.6. The van der Waals surface area contributed by atoms with Gasteiger partial charge in [0.25, 0.3) is 5.91 Å². The number of imide groups is 1. The fraction of sp³-hybridized carbons (Fsp3) is 0.286. The van der Waals surface area contributed by atoms with Crippen molar-refractivity contribution in [2.24, 2.45) is 11.7 Å². The van der Waals surface area contributed by atoms with Crippen LogP contribution in [0.4, 0.5) is 22.9 Å². The summed E-state index contributed by atoms with van der Waals surface area (Å²) in [5.41, 5.74) is 13.3. The number of para-hydroxylation sites is 1. The van der Waals surface area contributed by atoms with E-state index in [1.165, 1.54) is 16.8 Å². The number of aromatic nitrogens is 2. The molecule has 2 fully saturated rings. The Bertz CT molecular complexity index is 2120. The van der Waals surface area contributed by atoms with Crippen LogP contribution in [0.3, 0.4) is 0 Å². The molecule has 0 spiro atoms. The zero-order chi connectivity index (χ0) is 36.3. The van der Waals surface area contributed by atoms with E-state index in [1.54, 1.807) is 0 Å². The minimum absolute atomic E-state index is 0.207. The highest BCUT2D eigenvalue weighted by molar-refractivity contribution is 6.04. The average Bonchev–Trinajstić information content (AvgIpc) is 3.44. The van der Waals surface area contributed by atoms with Gasteiger partial charge >= 0.3 is 0 Å². The minimum atomic E-state index is -0.525. The monoisotopic (exact) mass is 709 g/mol. The Kier molecular flexibility index (Phi) is 9.54. The lowest BCUT2D eigenvalue weighted by atomic mass is 9.89. The van der Waals surface area contributed by atoms with Gasteiger partial charge in [-0.25, -0.2) is 4.68 Å². The van der Waals surface area contributed by atoms with Crippen LogP contribution in [0.5, 0.6) is 11.5 Å². The van der Waals surface area contributed by atoms with E-state index in [2.05, 4.69) is 51.2 Å². The fourth-order valence-electron chi connectivity index (χ4n) is 7.63. The van der Waals surface area contributed by atoms with Crippen LogP contribution in [0.25, 0.3) is 11.3 Å². The summed E-state index contributed by atoms with van der Waals surface area (Å²) in [6, 6.07) is 31.6. The third-order valence-corrected chi connectivity index (χ3v) is 10.6. The van der Waals surface area contributed by atoms with Crippen LogP contribution in [0.2, 0.25) is 0 Å². The number of anilines is 4. The average molecular weight is 710 g/mol. The van der Waals surface area contributed by atoms with Gasteiger partial charge in [-0.1, -0.05) is 30.3 Å². The summed E-state index contributed by atoms with van der Waals surface area (Å²) in [5.74, 6) is 1.74. The molecule has 4 heterocycles. The third kappa shape index (κ3) is 7.60. The summed E-state index contributed by atoms with van der Waals surface area (Å²) in [7, 11) is 0. The summed E-state index contributed by atoms with van der Waals surface area (Å²) in [5, 5.41) is 14.0. The van der Waals surface area contributed by atoms with Crippen LogP contribution in [0.15, 0.2) is 97.1 Å². The second kappa shape index (κ2) is 14.9. The van der Waals surface area contributed by atoms with Gasteiger partial charge in [0.2, 0.25) is 11.8 Å². The van der Waals surface area contributed by atoms with Gasteiger partial charge in [-0.2, -0.15) is 5.10 Å². The topological polar surface area (TPSA) is 144 Å². The number of fused-ring (bicyclic) bond motifs is 2. The van der Waals surface area contributed by atoms with Crippen molar-refractivity contribution in [2.75, 3.05) is 28.6 Å². The van der Waals surface area contributed by atoms with Crippen LogP contribution in [0, 0.1) is 5.92 Å². The van der Waals surface area contributed by atoms with Gasteiger partial charge in [-0.15, -0.1) is 0 Å². The van der Waals surface area contributed by atoms with E-state index in [9.17, 15) is 14.4 Å².